The van der Waals surface area contributed by atoms with Crippen LogP contribution in [0.3, 0.4) is 0 Å². The monoisotopic (exact) mass is 584 g/mol. The first-order valence-corrected chi connectivity index (χ1v) is 15.5. The van der Waals surface area contributed by atoms with E-state index in [9.17, 15) is 9.59 Å². The van der Waals surface area contributed by atoms with Gasteiger partial charge in [-0.2, -0.15) is 0 Å². The molecular formula is C35H41ClN4O2. The number of carbonyl (C=O) groups is 2. The summed E-state index contributed by atoms with van der Waals surface area (Å²) >= 11 is 5.96. The lowest BCUT2D eigenvalue weighted by Crippen LogP contribution is -2.50. The van der Waals surface area contributed by atoms with Gasteiger partial charge in [0.25, 0.3) is 0 Å². The van der Waals surface area contributed by atoms with Crippen LogP contribution in [-0.4, -0.2) is 73.0 Å². The number of benzene rings is 3. The molecule has 3 aromatic rings. The van der Waals surface area contributed by atoms with Crippen LogP contribution in [0, 0.1) is 0 Å². The summed E-state index contributed by atoms with van der Waals surface area (Å²) in [6, 6.07) is 28.0. The van der Waals surface area contributed by atoms with E-state index in [1.165, 1.54) is 24.0 Å². The third kappa shape index (κ3) is 8.54. The van der Waals surface area contributed by atoms with E-state index in [-0.39, 0.29) is 29.8 Å². The first-order valence-electron chi connectivity index (χ1n) is 15.1. The molecule has 7 heteroatoms. The van der Waals surface area contributed by atoms with Crippen molar-refractivity contribution in [2.24, 2.45) is 0 Å². The average Bonchev–Trinajstić information content (AvgIpc) is 3.50. The van der Waals surface area contributed by atoms with Crippen molar-refractivity contribution in [3.05, 3.63) is 113 Å². The lowest BCUT2D eigenvalue weighted by atomic mass is 9.90. The summed E-state index contributed by atoms with van der Waals surface area (Å²) in [7, 11) is 0. The number of nitrogens with zero attached hydrogens (tertiary/aromatic N) is 2. The molecule has 0 spiro atoms. The molecule has 2 saturated heterocycles. The number of halogens is 1. The van der Waals surface area contributed by atoms with Gasteiger partial charge in [0.05, 0.1) is 6.04 Å². The zero-order valence-electron chi connectivity index (χ0n) is 24.1. The molecule has 2 aliphatic heterocycles. The Labute approximate surface area is 254 Å². The van der Waals surface area contributed by atoms with Crippen LogP contribution >= 0.6 is 11.6 Å². The van der Waals surface area contributed by atoms with Gasteiger partial charge in [-0.3, -0.25) is 9.59 Å². The normalized spacial score (nSPS) is 19.9. The van der Waals surface area contributed by atoms with E-state index in [1.54, 1.807) is 24.3 Å². The van der Waals surface area contributed by atoms with Crippen molar-refractivity contribution in [1.29, 1.82) is 0 Å². The van der Waals surface area contributed by atoms with Gasteiger partial charge in [0.2, 0.25) is 11.8 Å². The maximum atomic E-state index is 14.1. The largest absolute Gasteiger partial charge is 0.351 e. The molecule has 2 amide bonds. The minimum Gasteiger partial charge on any atom is -0.351 e. The number of nitrogens with one attached hydrogen (secondary N) is 2. The van der Waals surface area contributed by atoms with Crippen LogP contribution in [0.15, 0.2) is 91.0 Å². The van der Waals surface area contributed by atoms with Crippen LogP contribution in [0.5, 0.6) is 0 Å². The minimum absolute atomic E-state index is 0.00214. The summed E-state index contributed by atoms with van der Waals surface area (Å²) in [5.74, 6) is 0.0911. The lowest BCUT2D eigenvalue weighted by molar-refractivity contribution is -0.133. The van der Waals surface area contributed by atoms with E-state index < -0.39 is 0 Å². The molecule has 42 heavy (non-hydrogen) atoms. The SMILES string of the molecule is O=C(/C=C/c1ccc(Cl)cc1)NCC1CCN(CC(c2ccccc2)c2ccccc2)C(=O)C(CCN2CCCC2)N1. The fourth-order valence-electron chi connectivity index (χ4n) is 5.97. The van der Waals surface area contributed by atoms with E-state index in [2.05, 4.69) is 69.0 Å². The summed E-state index contributed by atoms with van der Waals surface area (Å²) in [5.41, 5.74) is 3.33. The zero-order valence-corrected chi connectivity index (χ0v) is 24.9. The second-order valence-corrected chi connectivity index (χ2v) is 11.8. The topological polar surface area (TPSA) is 64.7 Å². The van der Waals surface area contributed by atoms with E-state index >= 15 is 0 Å². The molecule has 220 valence electrons. The molecule has 0 radical (unpaired) electrons. The predicted octanol–water partition coefficient (Wildman–Crippen LogP) is 5.35. The minimum atomic E-state index is -0.285. The molecular weight excluding hydrogens is 544 g/mol. The quantitative estimate of drug-likeness (QED) is 0.298. The van der Waals surface area contributed by atoms with Crippen molar-refractivity contribution < 1.29 is 9.59 Å². The Balaban J connectivity index is 1.27. The highest BCUT2D eigenvalue weighted by Crippen LogP contribution is 2.27. The molecule has 0 aliphatic carbocycles. The first kappa shape index (κ1) is 30.0. The van der Waals surface area contributed by atoms with E-state index in [0.717, 1.165) is 38.0 Å². The Morgan fingerprint density at radius 2 is 1.57 bits per heavy atom. The van der Waals surface area contributed by atoms with Gasteiger partial charge in [-0.15, -0.1) is 0 Å². The summed E-state index contributed by atoms with van der Waals surface area (Å²) in [4.78, 5) is 31.2. The summed E-state index contributed by atoms with van der Waals surface area (Å²) in [6.45, 7) is 4.84. The maximum absolute atomic E-state index is 14.1. The first-order chi connectivity index (χ1) is 20.5. The van der Waals surface area contributed by atoms with Crippen LogP contribution < -0.4 is 10.6 Å². The number of hydrogen-bond donors (Lipinski definition) is 2. The van der Waals surface area contributed by atoms with Crippen LogP contribution in [0.1, 0.15) is 48.3 Å². The van der Waals surface area contributed by atoms with Gasteiger partial charge >= 0.3 is 0 Å². The standard InChI is InChI=1S/C35H41ClN4O2/c36-30-16-13-27(14-17-30)15-18-34(41)37-25-31-19-24-40(35(42)33(38-31)20-23-39-21-7-8-22-39)26-32(28-9-3-1-4-10-28)29-11-5-2-6-12-29/h1-6,9-18,31-33,38H,7-8,19-26H2,(H,37,41)/b18-15+. The highest BCUT2D eigenvalue weighted by atomic mass is 35.5. The molecule has 2 atom stereocenters. The summed E-state index contributed by atoms with van der Waals surface area (Å²) < 4.78 is 0. The molecule has 3 aromatic carbocycles. The molecule has 2 N–H and O–H groups in total. The fourth-order valence-corrected chi connectivity index (χ4v) is 6.10. The van der Waals surface area contributed by atoms with Gasteiger partial charge in [-0.1, -0.05) is 84.4 Å². The van der Waals surface area contributed by atoms with Gasteiger partial charge < -0.3 is 20.4 Å². The van der Waals surface area contributed by atoms with E-state index in [1.807, 2.05) is 24.3 Å². The Bertz CT molecular complexity index is 1270. The van der Waals surface area contributed by atoms with Crippen LogP contribution in [0.2, 0.25) is 5.02 Å². The van der Waals surface area contributed by atoms with Crippen LogP contribution in [0.4, 0.5) is 0 Å². The number of carbonyl (C=O) groups excluding carboxylic acids is 2. The second kappa shape index (κ2) is 15.1. The average molecular weight is 585 g/mol. The second-order valence-electron chi connectivity index (χ2n) is 11.3. The maximum Gasteiger partial charge on any atom is 0.244 e. The smallest absolute Gasteiger partial charge is 0.244 e. The lowest BCUT2D eigenvalue weighted by Gasteiger charge is -2.30. The van der Waals surface area contributed by atoms with E-state index in [0.29, 0.717) is 24.7 Å². The Morgan fingerprint density at radius 3 is 2.21 bits per heavy atom. The fraction of sp³-hybridized carbons (Fsp3) is 0.371. The molecule has 2 heterocycles. The van der Waals surface area contributed by atoms with Crippen molar-refractivity contribution in [2.75, 3.05) is 39.3 Å². The molecule has 0 saturated carbocycles. The van der Waals surface area contributed by atoms with E-state index in [4.69, 9.17) is 11.6 Å². The Hall–Kier alpha value is -3.45. The van der Waals surface area contributed by atoms with Gasteiger partial charge in [0, 0.05) is 49.2 Å². The molecule has 0 aromatic heterocycles. The van der Waals surface area contributed by atoms with Crippen molar-refractivity contribution in [3.63, 3.8) is 0 Å². The van der Waals surface area contributed by atoms with Crippen molar-refractivity contribution in [2.45, 2.75) is 43.7 Å². The highest BCUT2D eigenvalue weighted by molar-refractivity contribution is 6.30. The van der Waals surface area contributed by atoms with Gasteiger partial charge in [-0.25, -0.2) is 0 Å². The molecule has 5 rings (SSSR count). The highest BCUT2D eigenvalue weighted by Gasteiger charge is 2.33. The summed E-state index contributed by atoms with van der Waals surface area (Å²) in [5, 5.41) is 7.35. The molecule has 0 bridgehead atoms. The van der Waals surface area contributed by atoms with Crippen molar-refractivity contribution in [1.82, 2.24) is 20.4 Å². The third-order valence-corrected chi connectivity index (χ3v) is 8.61. The van der Waals surface area contributed by atoms with Crippen molar-refractivity contribution >= 4 is 29.5 Å². The Morgan fingerprint density at radius 1 is 0.929 bits per heavy atom. The zero-order chi connectivity index (χ0) is 29.1. The van der Waals surface area contributed by atoms with Gasteiger partial charge in [-0.05, 0) is 73.7 Å². The van der Waals surface area contributed by atoms with Gasteiger partial charge in [0.1, 0.15) is 0 Å². The molecule has 2 fully saturated rings. The number of rotatable bonds is 11. The number of amides is 2. The molecule has 2 unspecified atom stereocenters. The third-order valence-electron chi connectivity index (χ3n) is 8.35. The number of hydrogen-bond acceptors (Lipinski definition) is 4. The van der Waals surface area contributed by atoms with Gasteiger partial charge in [0.15, 0.2) is 0 Å². The van der Waals surface area contributed by atoms with Crippen molar-refractivity contribution in [3.8, 4) is 0 Å². The summed E-state index contributed by atoms with van der Waals surface area (Å²) in [6.07, 6.45) is 7.32. The number of likely N-dealkylation sites (tertiary alicyclic amines) is 1. The molecule has 2 aliphatic rings. The van der Waals surface area contributed by atoms with Crippen LogP contribution in [-0.2, 0) is 9.59 Å². The molecule has 6 nitrogen and oxygen atoms in total. The Kier molecular flexibility index (Phi) is 10.8. The predicted molar refractivity (Wildman–Crippen MR) is 170 cm³/mol. The van der Waals surface area contributed by atoms with Crippen LogP contribution in [0.25, 0.3) is 6.08 Å².